The number of aryl methyl sites for hydroxylation is 1. The summed E-state index contributed by atoms with van der Waals surface area (Å²) in [5.74, 6) is 0.0292. The Kier molecular flexibility index (Phi) is 3.98. The van der Waals surface area contributed by atoms with Gasteiger partial charge in [0, 0.05) is 13.1 Å². The van der Waals surface area contributed by atoms with Crippen LogP contribution in [0.4, 0.5) is 15.9 Å². The first kappa shape index (κ1) is 16.7. The van der Waals surface area contributed by atoms with Crippen LogP contribution in [0.15, 0.2) is 29.0 Å². The fourth-order valence-corrected chi connectivity index (χ4v) is 4.58. The zero-order valence-electron chi connectivity index (χ0n) is 13.9. The van der Waals surface area contributed by atoms with E-state index in [1.165, 1.54) is 18.5 Å². The van der Waals surface area contributed by atoms with Gasteiger partial charge in [-0.1, -0.05) is 11.2 Å². The third-order valence-corrected chi connectivity index (χ3v) is 6.14. The molecule has 1 aliphatic rings. The highest BCUT2D eigenvalue weighted by molar-refractivity contribution is 7.93. The SMILES string of the molecule is Cc1noc2ncnc(NCc3ccc(N4CCCS4(=O)=O)c(F)c3)c12. The van der Waals surface area contributed by atoms with Gasteiger partial charge in [-0.15, -0.1) is 0 Å². The van der Waals surface area contributed by atoms with E-state index in [4.69, 9.17) is 4.52 Å². The van der Waals surface area contributed by atoms with Crippen LogP contribution in [0, 0.1) is 12.7 Å². The molecule has 0 atom stereocenters. The van der Waals surface area contributed by atoms with Crippen molar-refractivity contribution in [3.8, 4) is 0 Å². The van der Waals surface area contributed by atoms with Crippen molar-refractivity contribution < 1.29 is 17.3 Å². The molecule has 4 rings (SSSR count). The molecule has 2 aromatic heterocycles. The number of nitrogens with zero attached hydrogens (tertiary/aromatic N) is 4. The molecule has 1 fully saturated rings. The Labute approximate surface area is 149 Å². The van der Waals surface area contributed by atoms with Crippen molar-refractivity contribution in [2.24, 2.45) is 0 Å². The Morgan fingerprint density at radius 2 is 2.19 bits per heavy atom. The first-order valence-corrected chi connectivity index (χ1v) is 9.66. The Morgan fingerprint density at radius 1 is 1.35 bits per heavy atom. The third-order valence-electron chi connectivity index (χ3n) is 4.28. The molecule has 0 unspecified atom stereocenters. The summed E-state index contributed by atoms with van der Waals surface area (Å²) >= 11 is 0. The summed E-state index contributed by atoms with van der Waals surface area (Å²) < 4.78 is 44.6. The topological polar surface area (TPSA) is 101 Å². The van der Waals surface area contributed by atoms with Gasteiger partial charge in [0.05, 0.1) is 17.1 Å². The van der Waals surface area contributed by atoms with Gasteiger partial charge >= 0.3 is 0 Å². The first-order valence-electron chi connectivity index (χ1n) is 8.05. The smallest absolute Gasteiger partial charge is 0.263 e. The molecule has 0 amide bonds. The minimum atomic E-state index is -3.41. The summed E-state index contributed by atoms with van der Waals surface area (Å²) in [4.78, 5) is 8.17. The van der Waals surface area contributed by atoms with Crippen LogP contribution in [0.1, 0.15) is 17.7 Å². The quantitative estimate of drug-likeness (QED) is 0.744. The summed E-state index contributed by atoms with van der Waals surface area (Å²) in [5.41, 5.74) is 1.78. The first-order chi connectivity index (χ1) is 12.5. The number of nitrogens with one attached hydrogen (secondary N) is 1. The van der Waals surface area contributed by atoms with E-state index in [2.05, 4.69) is 20.4 Å². The molecule has 0 saturated carbocycles. The molecule has 3 aromatic rings. The van der Waals surface area contributed by atoms with Crippen LogP contribution < -0.4 is 9.62 Å². The lowest BCUT2D eigenvalue weighted by molar-refractivity contribution is 0.442. The van der Waals surface area contributed by atoms with Crippen molar-refractivity contribution in [1.82, 2.24) is 15.1 Å². The second-order valence-electron chi connectivity index (χ2n) is 6.05. The van der Waals surface area contributed by atoms with Gasteiger partial charge in [-0.2, -0.15) is 4.98 Å². The molecule has 10 heteroatoms. The van der Waals surface area contributed by atoms with E-state index >= 15 is 0 Å². The van der Waals surface area contributed by atoms with Crippen molar-refractivity contribution in [2.45, 2.75) is 19.9 Å². The van der Waals surface area contributed by atoms with Crippen molar-refractivity contribution in [1.29, 1.82) is 0 Å². The monoisotopic (exact) mass is 377 g/mol. The highest BCUT2D eigenvalue weighted by atomic mass is 32.2. The number of aromatic nitrogens is 3. The van der Waals surface area contributed by atoms with Gasteiger partial charge in [0.1, 0.15) is 23.3 Å². The maximum atomic E-state index is 14.5. The highest BCUT2D eigenvalue weighted by Gasteiger charge is 2.30. The summed E-state index contributed by atoms with van der Waals surface area (Å²) in [5, 5.41) is 7.64. The van der Waals surface area contributed by atoms with Crippen LogP contribution >= 0.6 is 0 Å². The number of hydrogen-bond acceptors (Lipinski definition) is 7. The minimum absolute atomic E-state index is 0.0531. The molecule has 0 spiro atoms. The van der Waals surface area contributed by atoms with E-state index in [9.17, 15) is 12.8 Å². The van der Waals surface area contributed by atoms with E-state index in [-0.39, 0.29) is 11.4 Å². The number of fused-ring (bicyclic) bond motifs is 1. The number of halogens is 1. The normalized spacial score (nSPS) is 16.3. The summed E-state index contributed by atoms with van der Waals surface area (Å²) in [6, 6.07) is 4.52. The molecule has 1 aliphatic heterocycles. The van der Waals surface area contributed by atoms with Gasteiger partial charge in [-0.05, 0) is 31.0 Å². The molecule has 0 radical (unpaired) electrons. The average Bonchev–Trinajstić information content (AvgIpc) is 3.16. The third kappa shape index (κ3) is 2.85. The van der Waals surface area contributed by atoms with E-state index in [1.54, 1.807) is 13.0 Å². The van der Waals surface area contributed by atoms with Crippen molar-refractivity contribution in [3.05, 3.63) is 41.6 Å². The maximum absolute atomic E-state index is 14.5. The summed E-state index contributed by atoms with van der Waals surface area (Å²) in [6.07, 6.45) is 1.87. The lowest BCUT2D eigenvalue weighted by Gasteiger charge is -2.18. The lowest BCUT2D eigenvalue weighted by atomic mass is 10.2. The van der Waals surface area contributed by atoms with Gasteiger partial charge in [0.15, 0.2) is 0 Å². The average molecular weight is 377 g/mol. The van der Waals surface area contributed by atoms with Crippen LogP contribution in [-0.2, 0) is 16.6 Å². The zero-order valence-corrected chi connectivity index (χ0v) is 14.8. The molecular weight excluding hydrogens is 361 g/mol. The van der Waals surface area contributed by atoms with Crippen LogP contribution in [0.3, 0.4) is 0 Å². The Morgan fingerprint density at radius 3 is 2.92 bits per heavy atom. The van der Waals surface area contributed by atoms with Gasteiger partial charge < -0.3 is 9.84 Å². The molecular formula is C16H16FN5O3S. The number of benzene rings is 1. The number of anilines is 2. The Balaban J connectivity index is 1.56. The van der Waals surface area contributed by atoms with Crippen molar-refractivity contribution >= 4 is 32.6 Å². The van der Waals surface area contributed by atoms with Gasteiger partial charge in [-0.3, -0.25) is 4.31 Å². The molecule has 136 valence electrons. The van der Waals surface area contributed by atoms with Crippen molar-refractivity contribution in [3.63, 3.8) is 0 Å². The lowest BCUT2D eigenvalue weighted by Crippen LogP contribution is -2.26. The fourth-order valence-electron chi connectivity index (χ4n) is 3.01. The molecule has 0 aliphatic carbocycles. The largest absolute Gasteiger partial charge is 0.365 e. The van der Waals surface area contributed by atoms with Crippen LogP contribution in [-0.4, -0.2) is 35.8 Å². The van der Waals surface area contributed by atoms with E-state index in [0.29, 0.717) is 47.7 Å². The van der Waals surface area contributed by atoms with Gasteiger partial charge in [0.25, 0.3) is 5.71 Å². The zero-order chi connectivity index (χ0) is 18.3. The number of sulfonamides is 1. The van der Waals surface area contributed by atoms with Gasteiger partial charge in [-0.25, -0.2) is 17.8 Å². The summed E-state index contributed by atoms with van der Waals surface area (Å²) in [7, 11) is -3.41. The van der Waals surface area contributed by atoms with Crippen LogP contribution in [0.25, 0.3) is 11.1 Å². The Bertz CT molecular complexity index is 1080. The van der Waals surface area contributed by atoms with Crippen LogP contribution in [0.2, 0.25) is 0 Å². The Hall–Kier alpha value is -2.75. The molecule has 8 nitrogen and oxygen atoms in total. The highest BCUT2D eigenvalue weighted by Crippen LogP contribution is 2.28. The van der Waals surface area contributed by atoms with E-state index in [1.807, 2.05) is 0 Å². The standard InChI is InChI=1S/C16H16FN5O3S/c1-10-14-15(19-9-20-16(14)25-21-10)18-8-11-3-4-13(12(17)7-11)22-5-2-6-26(22,23)24/h3-4,7,9H,2,5-6,8H2,1H3,(H,18,19,20). The molecule has 1 aromatic carbocycles. The van der Waals surface area contributed by atoms with E-state index in [0.717, 1.165) is 4.31 Å². The second kappa shape index (κ2) is 6.20. The second-order valence-corrected chi connectivity index (χ2v) is 8.06. The van der Waals surface area contributed by atoms with Gasteiger partial charge in [0.2, 0.25) is 10.0 Å². The molecule has 26 heavy (non-hydrogen) atoms. The van der Waals surface area contributed by atoms with Crippen LogP contribution in [0.5, 0.6) is 0 Å². The molecule has 1 N–H and O–H groups in total. The fraction of sp³-hybridized carbons (Fsp3) is 0.312. The molecule has 1 saturated heterocycles. The maximum Gasteiger partial charge on any atom is 0.263 e. The van der Waals surface area contributed by atoms with E-state index < -0.39 is 15.8 Å². The number of rotatable bonds is 4. The molecule has 3 heterocycles. The summed E-state index contributed by atoms with van der Waals surface area (Å²) in [6.45, 7) is 2.40. The molecule has 0 bridgehead atoms. The minimum Gasteiger partial charge on any atom is -0.365 e. The number of hydrogen-bond donors (Lipinski definition) is 1. The predicted molar refractivity (Wildman–Crippen MR) is 93.8 cm³/mol. The van der Waals surface area contributed by atoms with Crippen molar-refractivity contribution in [2.75, 3.05) is 21.9 Å². The predicted octanol–water partition coefficient (Wildman–Crippen LogP) is 2.22.